The molecule has 0 radical (unpaired) electrons. The first-order valence-electron chi connectivity index (χ1n) is 5.24. The Morgan fingerprint density at radius 1 is 1.33 bits per heavy atom. The average Bonchev–Trinajstić information content (AvgIpc) is 2.20. The van der Waals surface area contributed by atoms with Crippen molar-refractivity contribution >= 4 is 23.2 Å². The van der Waals surface area contributed by atoms with Gasteiger partial charge >= 0.3 is 0 Å². The Balaban J connectivity index is 2.72. The predicted molar refractivity (Wildman–Crippen MR) is 67.6 cm³/mol. The second kappa shape index (κ2) is 5.74. The van der Waals surface area contributed by atoms with Crippen LogP contribution in [0.25, 0.3) is 0 Å². The molecule has 0 spiro atoms. The van der Waals surface area contributed by atoms with Crippen molar-refractivity contribution < 1.29 is 0 Å². The van der Waals surface area contributed by atoms with Crippen LogP contribution in [0.4, 0.5) is 0 Å². The van der Waals surface area contributed by atoms with Gasteiger partial charge in [-0.2, -0.15) is 0 Å². The maximum absolute atomic E-state index is 6.10. The van der Waals surface area contributed by atoms with Gasteiger partial charge in [-0.1, -0.05) is 43.1 Å². The Labute approximate surface area is 102 Å². The zero-order chi connectivity index (χ0) is 11.4. The number of halogens is 2. The van der Waals surface area contributed by atoms with E-state index in [4.69, 9.17) is 28.9 Å². The van der Waals surface area contributed by atoms with Crippen LogP contribution in [0, 0.1) is 5.92 Å². The molecule has 84 valence electrons. The second-order valence-corrected chi connectivity index (χ2v) is 4.83. The van der Waals surface area contributed by atoms with Crippen molar-refractivity contribution in [1.29, 1.82) is 0 Å². The highest BCUT2D eigenvalue weighted by Crippen LogP contribution is 2.24. The molecule has 1 nitrogen and oxygen atoms in total. The molecular weight excluding hydrogens is 229 g/mol. The predicted octanol–water partition coefficient (Wildman–Crippen LogP) is 3.91. The largest absolute Gasteiger partial charge is 0.327 e. The minimum absolute atomic E-state index is 0.233. The van der Waals surface area contributed by atoms with Crippen LogP contribution in [-0.4, -0.2) is 6.04 Å². The maximum atomic E-state index is 6.10. The molecular formula is C12H17Cl2N. The van der Waals surface area contributed by atoms with E-state index in [-0.39, 0.29) is 6.04 Å². The van der Waals surface area contributed by atoms with Gasteiger partial charge < -0.3 is 5.73 Å². The maximum Gasteiger partial charge on any atom is 0.0452 e. The lowest BCUT2D eigenvalue weighted by molar-refractivity contribution is 0.442. The van der Waals surface area contributed by atoms with Crippen LogP contribution in [0.5, 0.6) is 0 Å². The third-order valence-electron chi connectivity index (χ3n) is 2.76. The normalized spacial score (nSPS) is 15.0. The Hall–Kier alpha value is -0.240. The van der Waals surface area contributed by atoms with Crippen molar-refractivity contribution in [3.63, 3.8) is 0 Å². The molecule has 0 aromatic heterocycles. The smallest absolute Gasteiger partial charge is 0.0452 e. The summed E-state index contributed by atoms with van der Waals surface area (Å²) < 4.78 is 0. The van der Waals surface area contributed by atoms with Crippen molar-refractivity contribution in [1.82, 2.24) is 0 Å². The summed E-state index contributed by atoms with van der Waals surface area (Å²) in [6, 6.07) is 5.86. The molecule has 0 bridgehead atoms. The molecule has 0 saturated heterocycles. The van der Waals surface area contributed by atoms with Crippen LogP contribution in [0.2, 0.25) is 10.0 Å². The Morgan fingerprint density at radius 2 is 2.00 bits per heavy atom. The van der Waals surface area contributed by atoms with Gasteiger partial charge in [-0.25, -0.2) is 0 Å². The third-order valence-corrected chi connectivity index (χ3v) is 3.35. The van der Waals surface area contributed by atoms with E-state index in [0.717, 1.165) is 23.4 Å². The summed E-state index contributed by atoms with van der Waals surface area (Å²) >= 11 is 11.9. The molecule has 0 fully saturated rings. The lowest BCUT2D eigenvalue weighted by Crippen LogP contribution is -2.28. The van der Waals surface area contributed by atoms with Crippen LogP contribution in [0.15, 0.2) is 18.2 Å². The van der Waals surface area contributed by atoms with Crippen molar-refractivity contribution in [2.45, 2.75) is 32.7 Å². The zero-order valence-electron chi connectivity index (χ0n) is 9.13. The molecule has 2 atom stereocenters. The molecule has 0 aliphatic carbocycles. The molecule has 15 heavy (non-hydrogen) atoms. The fourth-order valence-corrected chi connectivity index (χ4v) is 2.07. The molecule has 2 N–H and O–H groups in total. The fraction of sp³-hybridized carbons (Fsp3) is 0.500. The Bertz CT molecular complexity index is 325. The quantitative estimate of drug-likeness (QED) is 0.856. The lowest BCUT2D eigenvalue weighted by atomic mass is 9.93. The summed E-state index contributed by atoms with van der Waals surface area (Å²) in [5, 5.41) is 1.41. The standard InChI is InChI=1S/C12H17Cl2N/c1-3-12(15)8(2)6-9-4-5-10(13)7-11(9)14/h4-5,7-8,12H,3,6,15H2,1-2H3. The van der Waals surface area contributed by atoms with Gasteiger partial charge in [-0.15, -0.1) is 0 Å². The van der Waals surface area contributed by atoms with Crippen molar-refractivity contribution in [3.05, 3.63) is 33.8 Å². The molecule has 3 heteroatoms. The summed E-state index contributed by atoms with van der Waals surface area (Å²) in [6.07, 6.45) is 1.90. The van der Waals surface area contributed by atoms with Gasteiger partial charge in [0, 0.05) is 16.1 Å². The number of rotatable bonds is 4. The van der Waals surface area contributed by atoms with E-state index in [1.54, 1.807) is 6.07 Å². The minimum Gasteiger partial charge on any atom is -0.327 e. The lowest BCUT2D eigenvalue weighted by Gasteiger charge is -2.18. The first-order valence-corrected chi connectivity index (χ1v) is 5.99. The van der Waals surface area contributed by atoms with Gasteiger partial charge in [0.2, 0.25) is 0 Å². The molecule has 0 saturated carbocycles. The molecule has 1 aromatic rings. The van der Waals surface area contributed by atoms with Gasteiger partial charge in [0.15, 0.2) is 0 Å². The molecule has 0 aliphatic heterocycles. The van der Waals surface area contributed by atoms with Gasteiger partial charge in [0.1, 0.15) is 0 Å². The summed E-state index contributed by atoms with van der Waals surface area (Å²) in [5.74, 6) is 0.439. The van der Waals surface area contributed by atoms with E-state index in [2.05, 4.69) is 13.8 Å². The Morgan fingerprint density at radius 3 is 2.53 bits per heavy atom. The molecule has 0 amide bonds. The van der Waals surface area contributed by atoms with Gasteiger partial charge in [-0.05, 0) is 36.5 Å². The van der Waals surface area contributed by atoms with E-state index in [1.807, 2.05) is 12.1 Å². The number of nitrogens with two attached hydrogens (primary N) is 1. The van der Waals surface area contributed by atoms with E-state index in [0.29, 0.717) is 10.9 Å². The van der Waals surface area contributed by atoms with Crippen molar-refractivity contribution in [2.75, 3.05) is 0 Å². The molecule has 1 rings (SSSR count). The highest BCUT2D eigenvalue weighted by molar-refractivity contribution is 6.35. The van der Waals surface area contributed by atoms with Crippen molar-refractivity contribution in [3.8, 4) is 0 Å². The topological polar surface area (TPSA) is 26.0 Å². The van der Waals surface area contributed by atoms with Crippen LogP contribution >= 0.6 is 23.2 Å². The van der Waals surface area contributed by atoms with E-state index in [1.165, 1.54) is 0 Å². The third kappa shape index (κ3) is 3.67. The number of hydrogen-bond donors (Lipinski definition) is 1. The summed E-state index contributed by atoms with van der Waals surface area (Å²) in [6.45, 7) is 4.25. The average molecular weight is 246 g/mol. The molecule has 0 heterocycles. The summed E-state index contributed by atoms with van der Waals surface area (Å²) in [5.41, 5.74) is 7.10. The van der Waals surface area contributed by atoms with Crippen LogP contribution in [0.1, 0.15) is 25.8 Å². The van der Waals surface area contributed by atoms with Crippen LogP contribution in [0.3, 0.4) is 0 Å². The van der Waals surface area contributed by atoms with Crippen LogP contribution < -0.4 is 5.73 Å². The molecule has 0 aliphatic rings. The highest BCUT2D eigenvalue weighted by atomic mass is 35.5. The number of benzene rings is 1. The van der Waals surface area contributed by atoms with E-state index in [9.17, 15) is 0 Å². The first-order chi connectivity index (χ1) is 7.04. The first kappa shape index (κ1) is 12.8. The molecule has 2 unspecified atom stereocenters. The number of hydrogen-bond acceptors (Lipinski definition) is 1. The van der Waals surface area contributed by atoms with Gasteiger partial charge in [0.05, 0.1) is 0 Å². The van der Waals surface area contributed by atoms with E-state index >= 15 is 0 Å². The zero-order valence-corrected chi connectivity index (χ0v) is 10.6. The summed E-state index contributed by atoms with van der Waals surface area (Å²) in [7, 11) is 0. The SMILES string of the molecule is CCC(N)C(C)Cc1ccc(Cl)cc1Cl. The van der Waals surface area contributed by atoms with Gasteiger partial charge in [-0.3, -0.25) is 0 Å². The van der Waals surface area contributed by atoms with Crippen LogP contribution in [-0.2, 0) is 6.42 Å². The summed E-state index contributed by atoms with van der Waals surface area (Å²) in [4.78, 5) is 0. The molecule has 1 aromatic carbocycles. The Kier molecular flexibility index (Phi) is 4.91. The fourth-order valence-electron chi connectivity index (χ4n) is 1.59. The minimum atomic E-state index is 0.233. The monoisotopic (exact) mass is 245 g/mol. The second-order valence-electron chi connectivity index (χ2n) is 3.99. The van der Waals surface area contributed by atoms with E-state index < -0.39 is 0 Å². The highest BCUT2D eigenvalue weighted by Gasteiger charge is 2.13. The van der Waals surface area contributed by atoms with Crippen molar-refractivity contribution in [2.24, 2.45) is 11.7 Å². The van der Waals surface area contributed by atoms with Gasteiger partial charge in [0.25, 0.3) is 0 Å².